The molecular weight excluding hydrogens is 188 g/mol. The normalized spacial score (nSPS) is 44.2. The van der Waals surface area contributed by atoms with Gasteiger partial charge in [0.2, 0.25) is 0 Å². The standard InChI is InChI=1S/C12H24N2O/c1-12(6-4-10(13)5-7-12)14-8-2-3-11(15)9-14/h10-11,15H,2-9,13H2,1H3/t10?,11-,12?/m0/s1. The van der Waals surface area contributed by atoms with Crippen molar-refractivity contribution in [2.75, 3.05) is 13.1 Å². The Hall–Kier alpha value is -0.120. The first-order valence-corrected chi connectivity index (χ1v) is 6.29. The zero-order valence-corrected chi connectivity index (χ0v) is 9.78. The molecule has 0 aromatic heterocycles. The highest BCUT2D eigenvalue weighted by atomic mass is 16.3. The number of piperidine rings is 1. The van der Waals surface area contributed by atoms with Crippen LogP contribution in [-0.2, 0) is 0 Å². The van der Waals surface area contributed by atoms with Crippen molar-refractivity contribution >= 4 is 0 Å². The van der Waals surface area contributed by atoms with Gasteiger partial charge in [0.05, 0.1) is 6.10 Å². The number of aliphatic hydroxyl groups excluding tert-OH is 1. The van der Waals surface area contributed by atoms with Crippen LogP contribution in [0.4, 0.5) is 0 Å². The third-order valence-electron chi connectivity index (χ3n) is 4.27. The number of nitrogens with two attached hydrogens (primary N) is 1. The van der Waals surface area contributed by atoms with E-state index in [0.717, 1.165) is 38.8 Å². The molecule has 0 unspecified atom stereocenters. The smallest absolute Gasteiger partial charge is 0.0667 e. The quantitative estimate of drug-likeness (QED) is 0.684. The second-order valence-electron chi connectivity index (χ2n) is 5.58. The fourth-order valence-electron chi connectivity index (χ4n) is 3.02. The fraction of sp³-hybridized carbons (Fsp3) is 1.00. The first kappa shape index (κ1) is 11.4. The summed E-state index contributed by atoms with van der Waals surface area (Å²) in [7, 11) is 0. The van der Waals surface area contributed by atoms with Crippen LogP contribution in [0.1, 0.15) is 45.4 Å². The van der Waals surface area contributed by atoms with Crippen LogP contribution in [0.3, 0.4) is 0 Å². The van der Waals surface area contributed by atoms with Crippen LogP contribution in [0.15, 0.2) is 0 Å². The molecule has 0 aromatic rings. The molecule has 1 saturated carbocycles. The second-order valence-corrected chi connectivity index (χ2v) is 5.58. The van der Waals surface area contributed by atoms with E-state index >= 15 is 0 Å². The first-order chi connectivity index (χ1) is 7.10. The Bertz CT molecular complexity index is 212. The maximum absolute atomic E-state index is 9.71. The molecule has 2 fully saturated rings. The summed E-state index contributed by atoms with van der Waals surface area (Å²) in [6.07, 6.45) is 6.69. The van der Waals surface area contributed by atoms with E-state index in [1.807, 2.05) is 0 Å². The van der Waals surface area contributed by atoms with Crippen molar-refractivity contribution in [2.24, 2.45) is 5.73 Å². The minimum atomic E-state index is -0.105. The fourth-order valence-corrected chi connectivity index (χ4v) is 3.02. The van der Waals surface area contributed by atoms with Gasteiger partial charge in [0.1, 0.15) is 0 Å². The van der Waals surface area contributed by atoms with Crippen molar-refractivity contribution in [3.05, 3.63) is 0 Å². The van der Waals surface area contributed by atoms with Crippen LogP contribution >= 0.6 is 0 Å². The average Bonchev–Trinajstić information content (AvgIpc) is 2.23. The molecule has 3 N–H and O–H groups in total. The third-order valence-corrected chi connectivity index (χ3v) is 4.27. The minimum Gasteiger partial charge on any atom is -0.392 e. The van der Waals surface area contributed by atoms with E-state index in [1.54, 1.807) is 0 Å². The van der Waals surface area contributed by atoms with Crippen molar-refractivity contribution in [2.45, 2.75) is 63.1 Å². The number of rotatable bonds is 1. The Morgan fingerprint density at radius 3 is 2.53 bits per heavy atom. The lowest BCUT2D eigenvalue weighted by atomic mass is 9.79. The van der Waals surface area contributed by atoms with E-state index in [0.29, 0.717) is 11.6 Å². The predicted octanol–water partition coefficient (Wildman–Crippen LogP) is 1.10. The molecule has 1 atom stereocenters. The van der Waals surface area contributed by atoms with E-state index in [2.05, 4.69) is 11.8 Å². The van der Waals surface area contributed by atoms with Crippen molar-refractivity contribution in [1.29, 1.82) is 0 Å². The Morgan fingerprint density at radius 1 is 1.27 bits per heavy atom. The number of aliphatic hydroxyl groups is 1. The minimum absolute atomic E-state index is 0.105. The molecule has 3 heteroatoms. The zero-order valence-electron chi connectivity index (χ0n) is 9.78. The van der Waals surface area contributed by atoms with Gasteiger partial charge in [-0.25, -0.2) is 0 Å². The lowest BCUT2D eigenvalue weighted by molar-refractivity contribution is -0.0108. The summed E-state index contributed by atoms with van der Waals surface area (Å²) >= 11 is 0. The Kier molecular flexibility index (Phi) is 3.33. The summed E-state index contributed by atoms with van der Waals surface area (Å²) in [5, 5.41) is 9.71. The Morgan fingerprint density at radius 2 is 1.93 bits per heavy atom. The van der Waals surface area contributed by atoms with Crippen molar-refractivity contribution in [3.8, 4) is 0 Å². The number of hydrogen-bond acceptors (Lipinski definition) is 3. The van der Waals surface area contributed by atoms with Crippen LogP contribution in [0.2, 0.25) is 0 Å². The third kappa shape index (κ3) is 2.52. The Balaban J connectivity index is 1.95. The monoisotopic (exact) mass is 212 g/mol. The summed E-state index contributed by atoms with van der Waals surface area (Å²) in [4.78, 5) is 2.49. The summed E-state index contributed by atoms with van der Waals surface area (Å²) in [6, 6.07) is 0.410. The number of nitrogens with zero attached hydrogens (tertiary/aromatic N) is 1. The highest BCUT2D eigenvalue weighted by Crippen LogP contribution is 2.34. The van der Waals surface area contributed by atoms with E-state index in [9.17, 15) is 5.11 Å². The molecule has 1 aliphatic carbocycles. The zero-order chi connectivity index (χ0) is 10.9. The molecule has 0 aromatic carbocycles. The second kappa shape index (κ2) is 4.40. The molecule has 0 bridgehead atoms. The van der Waals surface area contributed by atoms with Crippen LogP contribution in [0.25, 0.3) is 0 Å². The number of hydrogen-bond donors (Lipinski definition) is 2. The maximum Gasteiger partial charge on any atom is 0.0667 e. The van der Waals surface area contributed by atoms with Gasteiger partial charge in [0.15, 0.2) is 0 Å². The van der Waals surface area contributed by atoms with E-state index < -0.39 is 0 Å². The van der Waals surface area contributed by atoms with Gasteiger partial charge < -0.3 is 10.8 Å². The largest absolute Gasteiger partial charge is 0.392 e. The van der Waals surface area contributed by atoms with Gasteiger partial charge in [-0.3, -0.25) is 4.90 Å². The molecule has 2 aliphatic rings. The van der Waals surface area contributed by atoms with Crippen molar-refractivity contribution in [3.63, 3.8) is 0 Å². The Labute approximate surface area is 92.6 Å². The van der Waals surface area contributed by atoms with Gasteiger partial charge in [0, 0.05) is 18.1 Å². The molecule has 88 valence electrons. The van der Waals surface area contributed by atoms with Crippen LogP contribution in [0.5, 0.6) is 0 Å². The van der Waals surface area contributed by atoms with E-state index in [-0.39, 0.29) is 6.10 Å². The van der Waals surface area contributed by atoms with Gasteiger partial charge >= 0.3 is 0 Å². The SMILES string of the molecule is CC1(N2CCC[C@H](O)C2)CCC(N)CC1. The van der Waals surface area contributed by atoms with Crippen LogP contribution in [0, 0.1) is 0 Å². The lowest BCUT2D eigenvalue weighted by Gasteiger charge is -2.48. The summed E-state index contributed by atoms with van der Waals surface area (Å²) in [6.45, 7) is 4.37. The topological polar surface area (TPSA) is 49.5 Å². The van der Waals surface area contributed by atoms with Gasteiger partial charge in [-0.1, -0.05) is 0 Å². The highest BCUT2D eigenvalue weighted by Gasteiger charge is 2.37. The van der Waals surface area contributed by atoms with Crippen molar-refractivity contribution < 1.29 is 5.11 Å². The molecule has 3 nitrogen and oxygen atoms in total. The van der Waals surface area contributed by atoms with Crippen molar-refractivity contribution in [1.82, 2.24) is 4.90 Å². The maximum atomic E-state index is 9.71. The lowest BCUT2D eigenvalue weighted by Crippen LogP contribution is -2.54. The van der Waals surface area contributed by atoms with Crippen LogP contribution in [-0.4, -0.2) is 40.8 Å². The molecule has 2 rings (SSSR count). The van der Waals surface area contributed by atoms with Gasteiger partial charge in [-0.15, -0.1) is 0 Å². The van der Waals surface area contributed by atoms with Gasteiger partial charge in [-0.2, -0.15) is 0 Å². The van der Waals surface area contributed by atoms with Gasteiger partial charge in [0.25, 0.3) is 0 Å². The highest BCUT2D eigenvalue weighted by molar-refractivity contribution is 4.94. The van der Waals surface area contributed by atoms with Gasteiger partial charge in [-0.05, 0) is 52.0 Å². The molecule has 0 amide bonds. The molecule has 0 radical (unpaired) electrons. The molecule has 0 spiro atoms. The van der Waals surface area contributed by atoms with Crippen LogP contribution < -0.4 is 5.73 Å². The molecule has 1 heterocycles. The molecule has 1 aliphatic heterocycles. The molecular formula is C12H24N2O. The van der Waals surface area contributed by atoms with E-state index in [4.69, 9.17) is 5.73 Å². The summed E-state index contributed by atoms with van der Waals surface area (Å²) in [5.41, 5.74) is 6.25. The average molecular weight is 212 g/mol. The number of β-amino-alcohol motifs (C(OH)–C–C–N with tert-alkyl or cyclic N) is 1. The number of likely N-dealkylation sites (tertiary alicyclic amines) is 1. The van der Waals surface area contributed by atoms with E-state index in [1.165, 1.54) is 12.8 Å². The molecule has 1 saturated heterocycles. The first-order valence-electron chi connectivity index (χ1n) is 6.29. The summed E-state index contributed by atoms with van der Waals surface area (Å²) < 4.78 is 0. The molecule has 15 heavy (non-hydrogen) atoms. The summed E-state index contributed by atoms with van der Waals surface area (Å²) in [5.74, 6) is 0. The predicted molar refractivity (Wildman–Crippen MR) is 61.7 cm³/mol.